The number of nitrogens with one attached hydrogen (secondary N) is 2. The van der Waals surface area contributed by atoms with Crippen LogP contribution in [0.2, 0.25) is 5.02 Å². The van der Waals surface area contributed by atoms with E-state index in [0.29, 0.717) is 0 Å². The van der Waals surface area contributed by atoms with Crippen LogP contribution in [0.3, 0.4) is 0 Å². The van der Waals surface area contributed by atoms with Gasteiger partial charge in [0.05, 0.1) is 22.2 Å². The fourth-order valence-electron chi connectivity index (χ4n) is 3.02. The zero-order chi connectivity index (χ0) is 18.9. The van der Waals surface area contributed by atoms with E-state index in [1.54, 1.807) is 5.01 Å². The number of anilines is 1. The highest BCUT2D eigenvalue weighted by atomic mass is 35.5. The Labute approximate surface area is 158 Å². The highest BCUT2D eigenvalue weighted by molar-refractivity contribution is 7.89. The Kier molecular flexibility index (Phi) is 5.22. The molecule has 1 heterocycles. The average Bonchev–Trinajstić information content (AvgIpc) is 2.90. The number of rotatable bonds is 5. The molecule has 0 aromatic heterocycles. The average molecular weight is 393 g/mol. The van der Waals surface area contributed by atoms with E-state index in [0.717, 1.165) is 17.7 Å². The van der Waals surface area contributed by atoms with Crippen molar-refractivity contribution in [2.45, 2.75) is 24.3 Å². The number of hydrogen-bond donors (Lipinski definition) is 2. The number of sulfonamides is 1. The number of para-hydroxylation sites is 1. The molecule has 6 nitrogen and oxygen atoms in total. The summed E-state index contributed by atoms with van der Waals surface area (Å²) >= 11 is 5.94. The molecular formula is C18H19ClN3O3S. The van der Waals surface area contributed by atoms with E-state index >= 15 is 0 Å². The van der Waals surface area contributed by atoms with Gasteiger partial charge in [-0.1, -0.05) is 29.8 Å². The fourth-order valence-corrected chi connectivity index (χ4v) is 4.42. The Hall–Kier alpha value is -2.09. The highest BCUT2D eigenvalue weighted by Gasteiger charge is 2.29. The quantitative estimate of drug-likeness (QED) is 0.819. The molecule has 2 N–H and O–H groups in total. The minimum absolute atomic E-state index is 0.0203. The van der Waals surface area contributed by atoms with E-state index in [1.807, 2.05) is 31.2 Å². The maximum atomic E-state index is 12.8. The Balaban J connectivity index is 1.94. The molecule has 1 atom stereocenters. The van der Waals surface area contributed by atoms with Crippen molar-refractivity contribution >= 4 is 33.2 Å². The third kappa shape index (κ3) is 3.56. The van der Waals surface area contributed by atoms with Crippen LogP contribution in [0, 0.1) is 6.92 Å². The second-order valence-corrected chi connectivity index (χ2v) is 8.20. The van der Waals surface area contributed by atoms with Gasteiger partial charge < -0.3 is 0 Å². The molecule has 0 saturated carbocycles. The van der Waals surface area contributed by atoms with Gasteiger partial charge in [-0.3, -0.25) is 15.2 Å². The first-order chi connectivity index (χ1) is 12.3. The van der Waals surface area contributed by atoms with Gasteiger partial charge in [-0.25, -0.2) is 13.1 Å². The van der Waals surface area contributed by atoms with Crippen LogP contribution in [-0.4, -0.2) is 26.9 Å². The molecule has 1 aliphatic rings. The standard InChI is InChI=1S/C18H19ClN3O3S/c1-3-20-26(24,25)17-11-14(19)8-9-15(17)18(23)21-22-12(2)10-13-6-4-5-7-16(13)22/h4-9,11-12,20H,1,3,10H2,2H3,(H,21,23). The number of amides is 1. The number of carbonyl (C=O) groups is 1. The number of hydrogen-bond acceptors (Lipinski definition) is 4. The largest absolute Gasteiger partial charge is 0.282 e. The van der Waals surface area contributed by atoms with Gasteiger partial charge in [-0.2, -0.15) is 0 Å². The maximum Gasteiger partial charge on any atom is 0.271 e. The minimum atomic E-state index is -3.89. The fraction of sp³-hybridized carbons (Fsp3) is 0.222. The molecule has 2 aromatic rings. The zero-order valence-corrected chi connectivity index (χ0v) is 15.8. The van der Waals surface area contributed by atoms with Gasteiger partial charge in [0.1, 0.15) is 0 Å². The Morgan fingerprint density at radius 2 is 2.04 bits per heavy atom. The van der Waals surface area contributed by atoms with Crippen molar-refractivity contribution in [3.05, 3.63) is 65.5 Å². The second-order valence-electron chi connectivity index (χ2n) is 6.03. The van der Waals surface area contributed by atoms with Crippen LogP contribution >= 0.6 is 11.6 Å². The van der Waals surface area contributed by atoms with Crippen molar-refractivity contribution in [2.75, 3.05) is 11.6 Å². The Morgan fingerprint density at radius 1 is 1.31 bits per heavy atom. The first-order valence-electron chi connectivity index (χ1n) is 8.10. The first kappa shape index (κ1) is 18.7. The number of halogens is 1. The summed E-state index contributed by atoms with van der Waals surface area (Å²) in [6, 6.07) is 12.0. The van der Waals surface area contributed by atoms with E-state index in [9.17, 15) is 13.2 Å². The highest BCUT2D eigenvalue weighted by Crippen LogP contribution is 2.30. The lowest BCUT2D eigenvalue weighted by molar-refractivity contribution is 0.0943. The van der Waals surface area contributed by atoms with E-state index in [-0.39, 0.29) is 28.1 Å². The monoisotopic (exact) mass is 392 g/mol. The molecule has 0 saturated heterocycles. The minimum Gasteiger partial charge on any atom is -0.282 e. The molecule has 0 bridgehead atoms. The predicted molar refractivity (Wildman–Crippen MR) is 102 cm³/mol. The summed E-state index contributed by atoms with van der Waals surface area (Å²) in [5.74, 6) is -0.519. The smallest absolute Gasteiger partial charge is 0.271 e. The van der Waals surface area contributed by atoms with Crippen LogP contribution in [0.1, 0.15) is 22.8 Å². The maximum absolute atomic E-state index is 12.8. The molecule has 1 aliphatic heterocycles. The lowest BCUT2D eigenvalue weighted by Gasteiger charge is -2.26. The van der Waals surface area contributed by atoms with E-state index in [4.69, 9.17) is 11.6 Å². The van der Waals surface area contributed by atoms with Crippen molar-refractivity contribution in [2.24, 2.45) is 0 Å². The molecule has 8 heteroatoms. The summed E-state index contributed by atoms with van der Waals surface area (Å²) in [6.07, 6.45) is 0.797. The van der Waals surface area contributed by atoms with Crippen molar-refractivity contribution in [3.8, 4) is 0 Å². The molecule has 1 radical (unpaired) electrons. The SMILES string of the molecule is [CH2]CNS(=O)(=O)c1cc(Cl)ccc1C(=O)NN1c2ccccc2CC1C. The van der Waals surface area contributed by atoms with Gasteiger partial charge in [-0.15, -0.1) is 0 Å². The van der Waals surface area contributed by atoms with Crippen LogP contribution in [0.25, 0.3) is 0 Å². The number of fused-ring (bicyclic) bond motifs is 1. The molecule has 3 rings (SSSR count). The van der Waals surface area contributed by atoms with Crippen LogP contribution in [0.15, 0.2) is 47.4 Å². The van der Waals surface area contributed by atoms with Gasteiger partial charge in [0.2, 0.25) is 10.0 Å². The number of hydrazine groups is 1. The topological polar surface area (TPSA) is 78.5 Å². The summed E-state index contributed by atoms with van der Waals surface area (Å²) in [5, 5.41) is 1.99. The summed E-state index contributed by atoms with van der Waals surface area (Å²) in [5.41, 5.74) is 4.87. The van der Waals surface area contributed by atoms with Crippen molar-refractivity contribution < 1.29 is 13.2 Å². The van der Waals surface area contributed by atoms with Gasteiger partial charge >= 0.3 is 0 Å². The lowest BCUT2D eigenvalue weighted by atomic mass is 10.1. The van der Waals surface area contributed by atoms with Gasteiger partial charge in [0, 0.05) is 11.6 Å². The third-order valence-electron chi connectivity index (χ3n) is 4.20. The molecule has 0 aliphatic carbocycles. The summed E-state index contributed by atoms with van der Waals surface area (Å²) in [6.45, 7) is 5.43. The number of nitrogens with zero attached hydrogens (tertiary/aromatic N) is 1. The molecular weight excluding hydrogens is 374 g/mol. The molecule has 1 amide bonds. The summed E-state index contributed by atoms with van der Waals surface area (Å²) in [7, 11) is -3.89. The Bertz CT molecular complexity index is 946. The molecule has 1 unspecified atom stereocenters. The third-order valence-corrected chi connectivity index (χ3v) is 5.94. The van der Waals surface area contributed by atoms with E-state index in [2.05, 4.69) is 17.1 Å². The molecule has 0 spiro atoms. The molecule has 0 fully saturated rings. The van der Waals surface area contributed by atoms with Crippen molar-refractivity contribution in [1.29, 1.82) is 0 Å². The van der Waals surface area contributed by atoms with Crippen LogP contribution in [0.4, 0.5) is 5.69 Å². The zero-order valence-electron chi connectivity index (χ0n) is 14.2. The lowest BCUT2D eigenvalue weighted by Crippen LogP contribution is -2.46. The number of carbonyl (C=O) groups excluding carboxylic acids is 1. The molecule has 26 heavy (non-hydrogen) atoms. The van der Waals surface area contributed by atoms with Gasteiger partial charge in [0.25, 0.3) is 5.91 Å². The Morgan fingerprint density at radius 3 is 2.77 bits per heavy atom. The van der Waals surface area contributed by atoms with Crippen LogP contribution in [-0.2, 0) is 16.4 Å². The van der Waals surface area contributed by atoms with Gasteiger partial charge in [-0.05, 0) is 50.1 Å². The van der Waals surface area contributed by atoms with Crippen molar-refractivity contribution in [1.82, 2.24) is 10.1 Å². The van der Waals surface area contributed by atoms with Crippen LogP contribution in [0.5, 0.6) is 0 Å². The van der Waals surface area contributed by atoms with E-state index in [1.165, 1.54) is 18.2 Å². The van der Waals surface area contributed by atoms with E-state index < -0.39 is 15.9 Å². The molecule has 137 valence electrons. The second kappa shape index (κ2) is 7.26. The first-order valence-corrected chi connectivity index (χ1v) is 9.96. The summed E-state index contributed by atoms with van der Waals surface area (Å²) in [4.78, 5) is 12.7. The van der Waals surface area contributed by atoms with Crippen molar-refractivity contribution in [3.63, 3.8) is 0 Å². The number of benzene rings is 2. The van der Waals surface area contributed by atoms with Gasteiger partial charge in [0.15, 0.2) is 0 Å². The normalized spacial score (nSPS) is 16.4. The predicted octanol–water partition coefficient (Wildman–Crippen LogP) is 2.55. The van der Waals surface area contributed by atoms with Crippen LogP contribution < -0.4 is 15.2 Å². The summed E-state index contributed by atoms with van der Waals surface area (Å²) < 4.78 is 27.1. The molecule has 2 aromatic carbocycles.